The summed E-state index contributed by atoms with van der Waals surface area (Å²) >= 11 is 0. The fraction of sp³-hybridized carbons (Fsp3) is 0.500. The maximum absolute atomic E-state index is 13.6. The van der Waals surface area contributed by atoms with Crippen molar-refractivity contribution < 1.29 is 8.81 Å². The third-order valence-electron chi connectivity index (χ3n) is 6.34. The van der Waals surface area contributed by atoms with Crippen molar-refractivity contribution in [2.75, 3.05) is 33.2 Å². The van der Waals surface area contributed by atoms with E-state index in [1.165, 1.54) is 6.07 Å². The first-order chi connectivity index (χ1) is 15.5. The summed E-state index contributed by atoms with van der Waals surface area (Å²) in [7, 11) is 1.79. The van der Waals surface area contributed by atoms with Gasteiger partial charge in [0.25, 0.3) is 0 Å². The van der Waals surface area contributed by atoms with Crippen LogP contribution in [0, 0.1) is 25.6 Å². The van der Waals surface area contributed by atoms with E-state index in [2.05, 4.69) is 30.5 Å². The molecule has 0 aliphatic carbocycles. The minimum atomic E-state index is -0.208. The summed E-state index contributed by atoms with van der Waals surface area (Å²) in [5.74, 6) is 2.95. The zero-order valence-electron chi connectivity index (χ0n) is 19.2. The van der Waals surface area contributed by atoms with Crippen molar-refractivity contribution in [2.24, 2.45) is 10.9 Å². The molecule has 7 nitrogen and oxygen atoms in total. The molecule has 3 heterocycles. The standard InChI is InChI=1S/C24H33FN6O/c1-16-17(2)32-23(30-16)15-31-10-7-18(8-11-31)13-29-24(26-3)27-9-6-19-14-28-22-5-4-20(25)12-21(19)22/h4-5,12,14,18,28H,6-11,13,15H2,1-3H3,(H2,26,27,29). The van der Waals surface area contributed by atoms with Gasteiger partial charge in [-0.05, 0) is 75.9 Å². The summed E-state index contributed by atoms with van der Waals surface area (Å²) in [6.45, 7) is 8.48. The van der Waals surface area contributed by atoms with Crippen molar-refractivity contribution in [3.8, 4) is 0 Å². The van der Waals surface area contributed by atoms with Crippen LogP contribution in [0.25, 0.3) is 10.9 Å². The number of hydrogen-bond acceptors (Lipinski definition) is 4. The van der Waals surface area contributed by atoms with E-state index in [4.69, 9.17) is 4.42 Å². The first-order valence-electron chi connectivity index (χ1n) is 11.4. The molecule has 32 heavy (non-hydrogen) atoms. The van der Waals surface area contributed by atoms with Crippen LogP contribution in [0.4, 0.5) is 4.39 Å². The lowest BCUT2D eigenvalue weighted by Gasteiger charge is -2.31. The average Bonchev–Trinajstić information content (AvgIpc) is 3.33. The van der Waals surface area contributed by atoms with E-state index in [1.54, 1.807) is 19.2 Å². The third kappa shape index (κ3) is 5.48. The molecule has 3 N–H and O–H groups in total. The third-order valence-corrected chi connectivity index (χ3v) is 6.34. The highest BCUT2D eigenvalue weighted by atomic mass is 19.1. The van der Waals surface area contributed by atoms with E-state index in [0.717, 1.165) is 91.8 Å². The monoisotopic (exact) mass is 440 g/mol. The van der Waals surface area contributed by atoms with E-state index in [-0.39, 0.29) is 5.82 Å². The highest BCUT2D eigenvalue weighted by molar-refractivity contribution is 5.83. The Morgan fingerprint density at radius 3 is 2.81 bits per heavy atom. The van der Waals surface area contributed by atoms with Crippen LogP contribution in [0.15, 0.2) is 33.8 Å². The largest absolute Gasteiger partial charge is 0.444 e. The molecule has 2 aromatic heterocycles. The lowest BCUT2D eigenvalue weighted by molar-refractivity contribution is 0.164. The first kappa shape index (κ1) is 22.3. The Labute approximate surface area is 188 Å². The van der Waals surface area contributed by atoms with Gasteiger partial charge in [-0.15, -0.1) is 0 Å². The Bertz CT molecular complexity index is 1040. The van der Waals surface area contributed by atoms with Gasteiger partial charge >= 0.3 is 0 Å². The van der Waals surface area contributed by atoms with Crippen LogP contribution in [0.5, 0.6) is 0 Å². The quantitative estimate of drug-likeness (QED) is 0.387. The van der Waals surface area contributed by atoms with Gasteiger partial charge in [0.1, 0.15) is 11.6 Å². The molecule has 0 saturated carbocycles. The van der Waals surface area contributed by atoms with Crippen LogP contribution in [-0.4, -0.2) is 54.1 Å². The highest BCUT2D eigenvalue weighted by Crippen LogP contribution is 2.20. The number of piperidine rings is 1. The number of hydrogen-bond donors (Lipinski definition) is 3. The van der Waals surface area contributed by atoms with Crippen LogP contribution in [0.2, 0.25) is 0 Å². The summed E-state index contributed by atoms with van der Waals surface area (Å²) in [6, 6.07) is 4.85. The number of benzene rings is 1. The van der Waals surface area contributed by atoms with Gasteiger partial charge in [0.2, 0.25) is 5.89 Å². The lowest BCUT2D eigenvalue weighted by atomic mass is 9.97. The number of halogens is 1. The van der Waals surface area contributed by atoms with Gasteiger partial charge in [0.15, 0.2) is 5.96 Å². The van der Waals surface area contributed by atoms with Crippen molar-refractivity contribution in [1.82, 2.24) is 25.5 Å². The van der Waals surface area contributed by atoms with Crippen LogP contribution in [0.1, 0.15) is 35.7 Å². The van der Waals surface area contributed by atoms with Crippen molar-refractivity contribution in [3.63, 3.8) is 0 Å². The SMILES string of the molecule is CN=C(NCCc1c[nH]c2ccc(F)cc12)NCC1CCN(Cc2nc(C)c(C)o2)CC1. The molecule has 0 bridgehead atoms. The van der Waals surface area contributed by atoms with Gasteiger partial charge in [-0.1, -0.05) is 0 Å². The zero-order chi connectivity index (χ0) is 22.5. The molecule has 4 rings (SSSR count). The van der Waals surface area contributed by atoms with Crippen LogP contribution in [0.3, 0.4) is 0 Å². The number of oxazole rings is 1. The van der Waals surface area contributed by atoms with Gasteiger partial charge in [0, 0.05) is 37.2 Å². The number of rotatable bonds is 7. The Balaban J connectivity index is 1.17. The molecule has 3 aromatic rings. The molecule has 0 amide bonds. The number of H-pyrrole nitrogens is 1. The summed E-state index contributed by atoms with van der Waals surface area (Å²) in [5.41, 5.74) is 3.05. The van der Waals surface area contributed by atoms with E-state index in [9.17, 15) is 4.39 Å². The van der Waals surface area contributed by atoms with Crippen molar-refractivity contribution in [1.29, 1.82) is 0 Å². The highest BCUT2D eigenvalue weighted by Gasteiger charge is 2.21. The summed E-state index contributed by atoms with van der Waals surface area (Å²) in [4.78, 5) is 14.5. The fourth-order valence-electron chi connectivity index (χ4n) is 4.28. The van der Waals surface area contributed by atoms with E-state index < -0.39 is 0 Å². The van der Waals surface area contributed by atoms with Crippen LogP contribution in [-0.2, 0) is 13.0 Å². The molecular weight excluding hydrogens is 407 g/mol. The normalized spacial score (nSPS) is 16.1. The van der Waals surface area contributed by atoms with Gasteiger partial charge in [-0.25, -0.2) is 9.37 Å². The average molecular weight is 441 g/mol. The number of likely N-dealkylation sites (tertiary alicyclic amines) is 1. The molecule has 1 aliphatic heterocycles. The predicted octanol–water partition coefficient (Wildman–Crippen LogP) is 3.53. The minimum absolute atomic E-state index is 0.208. The Morgan fingerprint density at radius 1 is 1.28 bits per heavy atom. The number of nitrogens with zero attached hydrogens (tertiary/aromatic N) is 3. The minimum Gasteiger partial charge on any atom is -0.444 e. The molecule has 0 spiro atoms. The number of aromatic nitrogens is 2. The zero-order valence-corrected chi connectivity index (χ0v) is 19.2. The van der Waals surface area contributed by atoms with Gasteiger partial charge in [0.05, 0.1) is 12.2 Å². The van der Waals surface area contributed by atoms with E-state index in [0.29, 0.717) is 5.92 Å². The summed E-state index contributed by atoms with van der Waals surface area (Å²) in [5, 5.41) is 7.78. The summed E-state index contributed by atoms with van der Waals surface area (Å²) < 4.78 is 19.3. The molecule has 0 unspecified atom stereocenters. The molecule has 1 aliphatic rings. The Kier molecular flexibility index (Phi) is 7.09. The molecule has 0 atom stereocenters. The van der Waals surface area contributed by atoms with Gasteiger partial charge < -0.3 is 20.0 Å². The van der Waals surface area contributed by atoms with Gasteiger partial charge in [-0.3, -0.25) is 9.89 Å². The maximum Gasteiger partial charge on any atom is 0.208 e. The van der Waals surface area contributed by atoms with Crippen molar-refractivity contribution >= 4 is 16.9 Å². The van der Waals surface area contributed by atoms with Crippen LogP contribution >= 0.6 is 0 Å². The second-order valence-corrected chi connectivity index (χ2v) is 8.60. The van der Waals surface area contributed by atoms with E-state index >= 15 is 0 Å². The molecule has 8 heteroatoms. The number of nitrogens with one attached hydrogen (secondary N) is 3. The second-order valence-electron chi connectivity index (χ2n) is 8.60. The maximum atomic E-state index is 13.6. The number of aromatic amines is 1. The number of fused-ring (bicyclic) bond motifs is 1. The lowest BCUT2D eigenvalue weighted by Crippen LogP contribution is -2.43. The smallest absolute Gasteiger partial charge is 0.208 e. The molecule has 0 radical (unpaired) electrons. The van der Waals surface area contributed by atoms with E-state index in [1.807, 2.05) is 20.0 Å². The second kappa shape index (κ2) is 10.2. The van der Waals surface area contributed by atoms with Crippen molar-refractivity contribution in [3.05, 3.63) is 53.1 Å². The Hall–Kier alpha value is -2.87. The fourth-order valence-corrected chi connectivity index (χ4v) is 4.28. The topological polar surface area (TPSA) is 81.5 Å². The van der Waals surface area contributed by atoms with Gasteiger partial charge in [-0.2, -0.15) is 0 Å². The molecular formula is C24H33FN6O. The number of aliphatic imine (C=N–C) groups is 1. The molecule has 1 fully saturated rings. The number of aryl methyl sites for hydroxylation is 2. The number of guanidine groups is 1. The molecule has 1 saturated heterocycles. The predicted molar refractivity (Wildman–Crippen MR) is 125 cm³/mol. The molecule has 172 valence electrons. The molecule has 1 aromatic carbocycles. The van der Waals surface area contributed by atoms with Crippen molar-refractivity contribution in [2.45, 2.75) is 39.7 Å². The summed E-state index contributed by atoms with van der Waals surface area (Å²) in [6.07, 6.45) is 5.03. The van der Waals surface area contributed by atoms with Crippen LogP contribution < -0.4 is 10.6 Å². The Morgan fingerprint density at radius 2 is 2.09 bits per heavy atom. The first-order valence-corrected chi connectivity index (χ1v) is 11.4.